The van der Waals surface area contributed by atoms with Gasteiger partial charge in [-0.3, -0.25) is 0 Å². The fourth-order valence-corrected chi connectivity index (χ4v) is 2.15. The molecule has 25 heavy (non-hydrogen) atoms. The zero-order chi connectivity index (χ0) is 17.8. The SMILES string of the molecule is CCOC(=O)c1ccn(-c2nc(C)cc(Nc3ccc(F)cc3)n2)n1. The molecular formula is C17H16FN5O2. The van der Waals surface area contributed by atoms with Gasteiger partial charge in [0, 0.05) is 23.6 Å². The number of ether oxygens (including phenoxy) is 1. The van der Waals surface area contributed by atoms with Crippen LogP contribution < -0.4 is 5.32 Å². The molecular weight excluding hydrogens is 325 g/mol. The maximum Gasteiger partial charge on any atom is 0.358 e. The zero-order valence-corrected chi connectivity index (χ0v) is 13.7. The van der Waals surface area contributed by atoms with E-state index in [9.17, 15) is 9.18 Å². The van der Waals surface area contributed by atoms with E-state index < -0.39 is 5.97 Å². The highest BCUT2D eigenvalue weighted by Crippen LogP contribution is 2.17. The molecule has 8 heteroatoms. The molecule has 0 bridgehead atoms. The Kier molecular flexibility index (Phi) is 4.69. The number of nitrogens with one attached hydrogen (secondary N) is 1. The maximum absolute atomic E-state index is 13.0. The molecule has 128 valence electrons. The van der Waals surface area contributed by atoms with Gasteiger partial charge in [0.2, 0.25) is 0 Å². The van der Waals surface area contributed by atoms with Crippen LogP contribution in [0.5, 0.6) is 0 Å². The lowest BCUT2D eigenvalue weighted by atomic mass is 10.3. The lowest BCUT2D eigenvalue weighted by Gasteiger charge is -2.08. The number of rotatable bonds is 5. The Labute approximate surface area is 143 Å². The highest BCUT2D eigenvalue weighted by atomic mass is 19.1. The van der Waals surface area contributed by atoms with Crippen molar-refractivity contribution < 1.29 is 13.9 Å². The minimum absolute atomic E-state index is 0.181. The second-order valence-electron chi connectivity index (χ2n) is 5.19. The highest BCUT2D eigenvalue weighted by molar-refractivity contribution is 5.87. The molecule has 2 heterocycles. The van der Waals surface area contributed by atoms with Crippen LogP contribution in [0, 0.1) is 12.7 Å². The van der Waals surface area contributed by atoms with Gasteiger partial charge in [0.25, 0.3) is 5.95 Å². The van der Waals surface area contributed by atoms with Gasteiger partial charge in [0.15, 0.2) is 5.69 Å². The lowest BCUT2D eigenvalue weighted by Crippen LogP contribution is -2.09. The highest BCUT2D eigenvalue weighted by Gasteiger charge is 2.13. The third-order valence-corrected chi connectivity index (χ3v) is 3.24. The fourth-order valence-electron chi connectivity index (χ4n) is 2.15. The van der Waals surface area contributed by atoms with Crippen molar-refractivity contribution in [1.82, 2.24) is 19.7 Å². The van der Waals surface area contributed by atoms with Crippen molar-refractivity contribution in [3.05, 3.63) is 59.8 Å². The number of carbonyl (C=O) groups excluding carboxylic acids is 1. The van der Waals surface area contributed by atoms with Crippen LogP contribution in [0.2, 0.25) is 0 Å². The van der Waals surface area contributed by atoms with Crippen molar-refractivity contribution in [2.45, 2.75) is 13.8 Å². The van der Waals surface area contributed by atoms with Gasteiger partial charge >= 0.3 is 5.97 Å². The molecule has 0 saturated carbocycles. The number of anilines is 2. The van der Waals surface area contributed by atoms with Gasteiger partial charge in [-0.05, 0) is 44.2 Å². The van der Waals surface area contributed by atoms with Crippen LogP contribution in [-0.2, 0) is 4.74 Å². The normalized spacial score (nSPS) is 10.5. The van der Waals surface area contributed by atoms with Gasteiger partial charge in [0.05, 0.1) is 6.61 Å². The third-order valence-electron chi connectivity index (χ3n) is 3.24. The Morgan fingerprint density at radius 3 is 2.72 bits per heavy atom. The Morgan fingerprint density at radius 2 is 2.00 bits per heavy atom. The van der Waals surface area contributed by atoms with Crippen molar-refractivity contribution in [3.8, 4) is 5.95 Å². The summed E-state index contributed by atoms with van der Waals surface area (Å²) in [6, 6.07) is 9.23. The number of benzene rings is 1. The molecule has 0 atom stereocenters. The monoisotopic (exact) mass is 341 g/mol. The van der Waals surface area contributed by atoms with E-state index in [0.29, 0.717) is 23.1 Å². The van der Waals surface area contributed by atoms with Gasteiger partial charge in [-0.2, -0.15) is 10.1 Å². The standard InChI is InChI=1S/C17H16FN5O2/c1-3-25-16(24)14-8-9-23(22-14)17-19-11(2)10-15(21-17)20-13-6-4-12(18)5-7-13/h4-10H,3H2,1-2H3,(H,19,20,21). The lowest BCUT2D eigenvalue weighted by molar-refractivity contribution is 0.0519. The van der Waals surface area contributed by atoms with Crippen molar-refractivity contribution in [2.24, 2.45) is 0 Å². The molecule has 3 rings (SSSR count). The Hall–Kier alpha value is -3.29. The van der Waals surface area contributed by atoms with E-state index in [1.165, 1.54) is 22.9 Å². The van der Waals surface area contributed by atoms with E-state index in [4.69, 9.17) is 4.74 Å². The number of hydrogen-bond acceptors (Lipinski definition) is 6. The van der Waals surface area contributed by atoms with E-state index in [-0.39, 0.29) is 18.1 Å². The van der Waals surface area contributed by atoms with Crippen LogP contribution >= 0.6 is 0 Å². The molecule has 0 aliphatic rings. The van der Waals surface area contributed by atoms with Crippen molar-refractivity contribution in [3.63, 3.8) is 0 Å². The van der Waals surface area contributed by atoms with Crippen LogP contribution in [0.4, 0.5) is 15.9 Å². The minimum Gasteiger partial charge on any atom is -0.461 e. The summed E-state index contributed by atoms with van der Waals surface area (Å²) in [5.41, 5.74) is 1.58. The summed E-state index contributed by atoms with van der Waals surface area (Å²) >= 11 is 0. The maximum atomic E-state index is 13.0. The largest absolute Gasteiger partial charge is 0.461 e. The topological polar surface area (TPSA) is 81.9 Å². The van der Waals surface area contributed by atoms with E-state index >= 15 is 0 Å². The third kappa shape index (κ3) is 3.97. The van der Waals surface area contributed by atoms with Gasteiger partial charge in [0.1, 0.15) is 11.6 Å². The quantitative estimate of drug-likeness (QED) is 0.718. The summed E-state index contributed by atoms with van der Waals surface area (Å²) in [7, 11) is 0. The number of halogens is 1. The molecule has 0 spiro atoms. The molecule has 0 amide bonds. The fraction of sp³-hybridized carbons (Fsp3) is 0.176. The first-order valence-corrected chi connectivity index (χ1v) is 7.66. The first kappa shape index (κ1) is 16.6. The van der Waals surface area contributed by atoms with E-state index in [1.807, 2.05) is 6.92 Å². The number of nitrogens with zero attached hydrogens (tertiary/aromatic N) is 4. The first-order chi connectivity index (χ1) is 12.0. The van der Waals surface area contributed by atoms with E-state index in [1.54, 1.807) is 31.3 Å². The molecule has 2 aromatic heterocycles. The van der Waals surface area contributed by atoms with Crippen LogP contribution in [-0.4, -0.2) is 32.3 Å². The molecule has 1 N–H and O–H groups in total. The number of aromatic nitrogens is 4. The van der Waals surface area contributed by atoms with Crippen LogP contribution in [0.25, 0.3) is 5.95 Å². The Morgan fingerprint density at radius 1 is 1.24 bits per heavy atom. The first-order valence-electron chi connectivity index (χ1n) is 7.66. The molecule has 7 nitrogen and oxygen atoms in total. The summed E-state index contributed by atoms with van der Waals surface area (Å²) in [5.74, 6) is 0.0224. The van der Waals surface area contributed by atoms with E-state index in [0.717, 1.165) is 0 Å². The molecule has 0 aliphatic heterocycles. The summed E-state index contributed by atoms with van der Waals surface area (Å²) in [5, 5.41) is 7.22. The average Bonchev–Trinajstić information content (AvgIpc) is 3.07. The Balaban J connectivity index is 1.86. The number of esters is 1. The average molecular weight is 341 g/mol. The molecule has 0 unspecified atom stereocenters. The smallest absolute Gasteiger partial charge is 0.358 e. The predicted molar refractivity (Wildman–Crippen MR) is 89.5 cm³/mol. The van der Waals surface area contributed by atoms with Crippen LogP contribution in [0.15, 0.2) is 42.6 Å². The van der Waals surface area contributed by atoms with Crippen molar-refractivity contribution >= 4 is 17.5 Å². The zero-order valence-electron chi connectivity index (χ0n) is 13.7. The number of aryl methyl sites for hydroxylation is 1. The molecule has 0 radical (unpaired) electrons. The van der Waals surface area contributed by atoms with Gasteiger partial charge in [-0.15, -0.1) is 0 Å². The molecule has 0 saturated heterocycles. The van der Waals surface area contributed by atoms with Gasteiger partial charge in [-0.1, -0.05) is 0 Å². The van der Waals surface area contributed by atoms with Gasteiger partial charge in [-0.25, -0.2) is 18.9 Å². The second-order valence-corrected chi connectivity index (χ2v) is 5.19. The van der Waals surface area contributed by atoms with Crippen LogP contribution in [0.3, 0.4) is 0 Å². The Bertz CT molecular complexity index is 892. The summed E-state index contributed by atoms with van der Waals surface area (Å²) in [6.07, 6.45) is 1.59. The number of hydrogen-bond donors (Lipinski definition) is 1. The molecule has 0 aliphatic carbocycles. The summed E-state index contributed by atoms with van der Waals surface area (Å²) < 4.78 is 19.3. The minimum atomic E-state index is -0.501. The second kappa shape index (κ2) is 7.08. The van der Waals surface area contributed by atoms with Gasteiger partial charge < -0.3 is 10.1 Å². The van der Waals surface area contributed by atoms with Crippen LogP contribution in [0.1, 0.15) is 23.1 Å². The van der Waals surface area contributed by atoms with Crippen molar-refractivity contribution in [2.75, 3.05) is 11.9 Å². The summed E-state index contributed by atoms with van der Waals surface area (Å²) in [6.45, 7) is 3.82. The summed E-state index contributed by atoms with van der Waals surface area (Å²) in [4.78, 5) is 20.4. The number of carbonyl (C=O) groups is 1. The van der Waals surface area contributed by atoms with E-state index in [2.05, 4.69) is 20.4 Å². The predicted octanol–water partition coefficient (Wildman–Crippen LogP) is 3.03. The molecule has 3 aromatic rings. The van der Waals surface area contributed by atoms with Crippen molar-refractivity contribution in [1.29, 1.82) is 0 Å². The molecule has 0 fully saturated rings. The molecule has 1 aromatic carbocycles.